The molecule has 0 radical (unpaired) electrons. The van der Waals surface area contributed by atoms with Crippen molar-refractivity contribution in [3.63, 3.8) is 0 Å². The average molecular weight is 376 g/mol. The molecule has 0 saturated carbocycles. The number of benzene rings is 2. The summed E-state index contributed by atoms with van der Waals surface area (Å²) < 4.78 is 11.2. The van der Waals surface area contributed by atoms with Crippen molar-refractivity contribution < 1.29 is 13.9 Å². The van der Waals surface area contributed by atoms with Gasteiger partial charge in [0.1, 0.15) is 18.1 Å². The number of nitrogens with one attached hydrogen (secondary N) is 1. The summed E-state index contributed by atoms with van der Waals surface area (Å²) in [6, 6.07) is 15.9. The lowest BCUT2D eigenvalue weighted by Gasteiger charge is -2.07. The van der Waals surface area contributed by atoms with Gasteiger partial charge in [-0.2, -0.15) is 0 Å². The number of halogens is 2. The first-order chi connectivity index (χ1) is 12.0. The van der Waals surface area contributed by atoms with Crippen LogP contribution in [0.2, 0.25) is 10.0 Å². The van der Waals surface area contributed by atoms with E-state index >= 15 is 0 Å². The molecule has 2 aromatic carbocycles. The molecule has 0 aliphatic carbocycles. The van der Waals surface area contributed by atoms with E-state index in [0.717, 1.165) is 11.3 Å². The van der Waals surface area contributed by atoms with Gasteiger partial charge in [0.15, 0.2) is 5.76 Å². The summed E-state index contributed by atoms with van der Waals surface area (Å²) in [7, 11) is 0. The molecule has 6 heteroatoms. The van der Waals surface area contributed by atoms with E-state index in [1.165, 1.54) is 0 Å². The fraction of sp³-hybridized carbons (Fsp3) is 0.105. The van der Waals surface area contributed by atoms with Crippen molar-refractivity contribution >= 4 is 34.8 Å². The van der Waals surface area contributed by atoms with Gasteiger partial charge in [0.25, 0.3) is 5.91 Å². The molecule has 4 nitrogen and oxygen atoms in total. The summed E-state index contributed by atoms with van der Waals surface area (Å²) in [5, 5.41) is 3.50. The van der Waals surface area contributed by atoms with E-state index in [9.17, 15) is 4.79 Å². The van der Waals surface area contributed by atoms with E-state index in [0.29, 0.717) is 21.5 Å². The van der Waals surface area contributed by atoms with E-state index in [1.807, 2.05) is 31.2 Å². The number of furan rings is 1. The van der Waals surface area contributed by atoms with E-state index < -0.39 is 0 Å². The maximum Gasteiger partial charge on any atom is 0.291 e. The standard InChI is InChI=1S/C19H15Cl2NO3/c1-12-4-2-3-5-17(12)24-11-14-7-9-18(25-14)19(23)22-13-6-8-15(20)16(21)10-13/h2-10H,11H2,1H3,(H,22,23). The highest BCUT2D eigenvalue weighted by atomic mass is 35.5. The van der Waals surface area contributed by atoms with E-state index in [-0.39, 0.29) is 18.3 Å². The van der Waals surface area contributed by atoms with E-state index in [2.05, 4.69) is 5.32 Å². The molecule has 0 aliphatic heterocycles. The molecule has 0 fully saturated rings. The lowest BCUT2D eigenvalue weighted by Crippen LogP contribution is -2.10. The smallest absolute Gasteiger partial charge is 0.291 e. The Balaban J connectivity index is 1.63. The number of hydrogen-bond donors (Lipinski definition) is 1. The second kappa shape index (κ2) is 7.64. The van der Waals surface area contributed by atoms with E-state index in [1.54, 1.807) is 30.3 Å². The van der Waals surface area contributed by atoms with Gasteiger partial charge in [-0.3, -0.25) is 4.79 Å². The van der Waals surface area contributed by atoms with Crippen LogP contribution in [0.5, 0.6) is 5.75 Å². The Labute approximate surface area is 155 Å². The van der Waals surface area contributed by atoms with Gasteiger partial charge < -0.3 is 14.5 Å². The zero-order valence-corrected chi connectivity index (χ0v) is 14.9. The molecule has 0 unspecified atom stereocenters. The molecular weight excluding hydrogens is 361 g/mol. The van der Waals surface area contributed by atoms with Gasteiger partial charge in [-0.1, -0.05) is 41.4 Å². The first kappa shape index (κ1) is 17.4. The third-order valence-corrected chi connectivity index (χ3v) is 4.27. The Kier molecular flexibility index (Phi) is 5.31. The molecule has 1 amide bonds. The summed E-state index contributed by atoms with van der Waals surface area (Å²) in [5.41, 5.74) is 1.57. The third kappa shape index (κ3) is 4.35. The van der Waals surface area contributed by atoms with Crippen LogP contribution in [0.15, 0.2) is 59.0 Å². The van der Waals surface area contributed by atoms with Crippen molar-refractivity contribution in [3.05, 3.63) is 81.7 Å². The number of carbonyl (C=O) groups is 1. The summed E-state index contributed by atoms with van der Waals surface area (Å²) in [6.07, 6.45) is 0. The normalized spacial score (nSPS) is 10.5. The minimum Gasteiger partial charge on any atom is -0.485 e. The zero-order chi connectivity index (χ0) is 17.8. The Morgan fingerprint density at radius 2 is 1.88 bits per heavy atom. The number of ether oxygens (including phenoxy) is 1. The third-order valence-electron chi connectivity index (χ3n) is 3.53. The van der Waals surface area contributed by atoms with Crippen LogP contribution < -0.4 is 10.1 Å². The SMILES string of the molecule is Cc1ccccc1OCc1ccc(C(=O)Nc2ccc(Cl)c(Cl)c2)o1. The van der Waals surface area contributed by atoms with Crippen LogP contribution in [0.3, 0.4) is 0 Å². The predicted molar refractivity (Wildman–Crippen MR) is 98.6 cm³/mol. The molecular formula is C19H15Cl2NO3. The monoisotopic (exact) mass is 375 g/mol. The van der Waals surface area contributed by atoms with Gasteiger partial charge in [0.2, 0.25) is 0 Å². The quantitative estimate of drug-likeness (QED) is 0.619. The molecule has 1 N–H and O–H groups in total. The van der Waals surface area contributed by atoms with Gasteiger partial charge >= 0.3 is 0 Å². The molecule has 1 aromatic heterocycles. The second-order valence-electron chi connectivity index (χ2n) is 5.40. The van der Waals surface area contributed by atoms with Gasteiger partial charge in [-0.25, -0.2) is 0 Å². The number of hydrogen-bond acceptors (Lipinski definition) is 3. The summed E-state index contributed by atoms with van der Waals surface area (Å²) in [4.78, 5) is 12.2. The number of aryl methyl sites for hydroxylation is 1. The van der Waals surface area contributed by atoms with Crippen LogP contribution >= 0.6 is 23.2 Å². The Morgan fingerprint density at radius 1 is 1.08 bits per heavy atom. The van der Waals surface area contributed by atoms with Crippen molar-refractivity contribution in [3.8, 4) is 5.75 Å². The predicted octanol–water partition coefficient (Wildman–Crippen LogP) is 5.73. The maximum atomic E-state index is 12.2. The minimum absolute atomic E-state index is 0.189. The number of rotatable bonds is 5. The highest BCUT2D eigenvalue weighted by Crippen LogP contribution is 2.25. The first-order valence-electron chi connectivity index (χ1n) is 7.56. The van der Waals surface area contributed by atoms with Crippen LogP contribution in [-0.4, -0.2) is 5.91 Å². The van der Waals surface area contributed by atoms with Gasteiger partial charge in [0.05, 0.1) is 10.0 Å². The van der Waals surface area contributed by atoms with Crippen LogP contribution in [0.25, 0.3) is 0 Å². The van der Waals surface area contributed by atoms with Crippen molar-refractivity contribution in [2.24, 2.45) is 0 Å². The van der Waals surface area contributed by atoms with Crippen LogP contribution in [0.4, 0.5) is 5.69 Å². The Bertz CT molecular complexity index is 905. The molecule has 0 spiro atoms. The molecule has 0 bridgehead atoms. The van der Waals surface area contributed by atoms with E-state index in [4.69, 9.17) is 32.4 Å². The van der Waals surface area contributed by atoms with Crippen LogP contribution in [-0.2, 0) is 6.61 Å². The first-order valence-corrected chi connectivity index (χ1v) is 8.32. The van der Waals surface area contributed by atoms with Crippen LogP contribution in [0.1, 0.15) is 21.9 Å². The molecule has 3 aromatic rings. The number of anilines is 1. The molecule has 25 heavy (non-hydrogen) atoms. The highest BCUT2D eigenvalue weighted by Gasteiger charge is 2.13. The van der Waals surface area contributed by atoms with Gasteiger partial charge in [-0.15, -0.1) is 0 Å². The number of para-hydroxylation sites is 1. The van der Waals surface area contributed by atoms with Gasteiger partial charge in [-0.05, 0) is 48.9 Å². The van der Waals surface area contributed by atoms with Crippen molar-refractivity contribution in [1.82, 2.24) is 0 Å². The van der Waals surface area contributed by atoms with Crippen molar-refractivity contribution in [1.29, 1.82) is 0 Å². The van der Waals surface area contributed by atoms with Crippen molar-refractivity contribution in [2.45, 2.75) is 13.5 Å². The topological polar surface area (TPSA) is 51.5 Å². The average Bonchev–Trinajstić information content (AvgIpc) is 3.07. The Morgan fingerprint density at radius 3 is 2.64 bits per heavy atom. The molecule has 128 valence electrons. The summed E-state index contributed by atoms with van der Waals surface area (Å²) in [6.45, 7) is 2.21. The molecule has 0 saturated heterocycles. The summed E-state index contributed by atoms with van der Waals surface area (Å²) >= 11 is 11.8. The number of carbonyl (C=O) groups excluding carboxylic acids is 1. The highest BCUT2D eigenvalue weighted by molar-refractivity contribution is 6.42. The van der Waals surface area contributed by atoms with Gasteiger partial charge in [0, 0.05) is 5.69 Å². The fourth-order valence-electron chi connectivity index (χ4n) is 2.21. The zero-order valence-electron chi connectivity index (χ0n) is 13.4. The fourth-order valence-corrected chi connectivity index (χ4v) is 2.51. The molecule has 1 heterocycles. The lowest BCUT2D eigenvalue weighted by molar-refractivity contribution is 0.0992. The molecule has 0 atom stereocenters. The molecule has 0 aliphatic rings. The summed E-state index contributed by atoms with van der Waals surface area (Å²) in [5.74, 6) is 1.15. The Hall–Kier alpha value is -2.43. The number of amides is 1. The molecule has 3 rings (SSSR count). The minimum atomic E-state index is -0.375. The van der Waals surface area contributed by atoms with Crippen LogP contribution in [0, 0.1) is 6.92 Å². The second-order valence-corrected chi connectivity index (χ2v) is 6.22. The maximum absolute atomic E-state index is 12.2. The van der Waals surface area contributed by atoms with Crippen molar-refractivity contribution in [2.75, 3.05) is 5.32 Å². The lowest BCUT2D eigenvalue weighted by atomic mass is 10.2. The largest absolute Gasteiger partial charge is 0.485 e.